The lowest BCUT2D eigenvalue weighted by molar-refractivity contribution is -0.139. The Morgan fingerprint density at radius 3 is 1.96 bits per heavy atom. The molecule has 1 atom stereocenters. The van der Waals surface area contributed by atoms with Gasteiger partial charge in [-0.15, -0.1) is 0 Å². The molecule has 5 heteroatoms. The fraction of sp³-hybridized carbons (Fsp3) is 0.364. The summed E-state index contributed by atoms with van der Waals surface area (Å²) in [6.45, 7) is 4.65. The zero-order valence-corrected chi connectivity index (χ0v) is 16.1. The highest BCUT2D eigenvalue weighted by molar-refractivity contribution is 5.86. The van der Waals surface area contributed by atoms with Crippen LogP contribution < -0.4 is 5.32 Å². The smallest absolute Gasteiger partial charge is 0.317 e. The molecule has 5 nitrogen and oxygen atoms in total. The van der Waals surface area contributed by atoms with Crippen molar-refractivity contribution in [2.45, 2.75) is 31.8 Å². The van der Waals surface area contributed by atoms with E-state index in [2.05, 4.69) is 29.6 Å². The molecule has 0 unspecified atom stereocenters. The number of hydrogen-bond donors (Lipinski definition) is 1. The summed E-state index contributed by atoms with van der Waals surface area (Å²) in [5.74, 6) is -0.0243. The van der Waals surface area contributed by atoms with Gasteiger partial charge in [0.1, 0.15) is 6.54 Å². The van der Waals surface area contributed by atoms with Crippen LogP contribution in [0.15, 0.2) is 60.7 Å². The second-order valence-electron chi connectivity index (χ2n) is 7.19. The highest BCUT2D eigenvalue weighted by atomic mass is 16.2. The van der Waals surface area contributed by atoms with E-state index in [1.807, 2.05) is 55.1 Å². The van der Waals surface area contributed by atoms with Gasteiger partial charge in [0, 0.05) is 25.6 Å². The van der Waals surface area contributed by atoms with Crippen LogP contribution in [-0.2, 0) is 4.79 Å². The lowest BCUT2D eigenvalue weighted by Gasteiger charge is -2.45. The van der Waals surface area contributed by atoms with Gasteiger partial charge < -0.3 is 15.1 Å². The first-order valence-corrected chi connectivity index (χ1v) is 9.40. The Hall–Kier alpha value is -2.82. The maximum absolute atomic E-state index is 12.6. The third-order valence-corrected chi connectivity index (χ3v) is 5.21. The Morgan fingerprint density at radius 1 is 1.00 bits per heavy atom. The van der Waals surface area contributed by atoms with Crippen molar-refractivity contribution in [1.29, 1.82) is 0 Å². The Labute approximate surface area is 161 Å². The minimum Gasteiger partial charge on any atom is -0.341 e. The van der Waals surface area contributed by atoms with Gasteiger partial charge in [-0.2, -0.15) is 0 Å². The third-order valence-electron chi connectivity index (χ3n) is 5.21. The van der Waals surface area contributed by atoms with E-state index in [4.69, 9.17) is 0 Å². The van der Waals surface area contributed by atoms with Crippen molar-refractivity contribution in [2.75, 3.05) is 20.1 Å². The average Bonchev–Trinajstić information content (AvgIpc) is 2.69. The van der Waals surface area contributed by atoms with Gasteiger partial charge in [0.05, 0.1) is 6.04 Å². The molecule has 0 aromatic heterocycles. The van der Waals surface area contributed by atoms with E-state index in [0.717, 1.165) is 11.1 Å². The van der Waals surface area contributed by atoms with Gasteiger partial charge in [0.25, 0.3) is 0 Å². The van der Waals surface area contributed by atoms with Crippen LogP contribution in [0.4, 0.5) is 4.79 Å². The van der Waals surface area contributed by atoms with E-state index in [1.165, 1.54) is 0 Å². The summed E-state index contributed by atoms with van der Waals surface area (Å²) in [7, 11) is 1.61. The molecule has 1 N–H and O–H groups in total. The van der Waals surface area contributed by atoms with Crippen LogP contribution in [0.5, 0.6) is 0 Å². The molecule has 1 saturated heterocycles. The van der Waals surface area contributed by atoms with E-state index in [0.29, 0.717) is 6.54 Å². The average molecular weight is 365 g/mol. The predicted octanol–water partition coefficient (Wildman–Crippen LogP) is 3.08. The second-order valence-corrected chi connectivity index (χ2v) is 7.19. The summed E-state index contributed by atoms with van der Waals surface area (Å²) < 4.78 is 0. The number of nitrogens with zero attached hydrogens (tertiary/aromatic N) is 2. The fourth-order valence-corrected chi connectivity index (χ4v) is 3.86. The molecule has 0 spiro atoms. The quantitative estimate of drug-likeness (QED) is 0.905. The van der Waals surface area contributed by atoms with Gasteiger partial charge >= 0.3 is 6.03 Å². The molecule has 0 radical (unpaired) electrons. The van der Waals surface area contributed by atoms with Crippen molar-refractivity contribution in [2.24, 2.45) is 0 Å². The molecular formula is C22H27N3O2. The van der Waals surface area contributed by atoms with E-state index in [9.17, 15) is 9.59 Å². The third kappa shape index (κ3) is 3.97. The maximum Gasteiger partial charge on any atom is 0.317 e. The highest BCUT2D eigenvalue weighted by Crippen LogP contribution is 2.33. The van der Waals surface area contributed by atoms with Crippen molar-refractivity contribution >= 4 is 11.9 Å². The number of hydrogen-bond acceptors (Lipinski definition) is 2. The number of nitrogens with one attached hydrogen (secondary N) is 1. The Balaban J connectivity index is 2.08. The van der Waals surface area contributed by atoms with Crippen LogP contribution in [0.3, 0.4) is 0 Å². The first-order valence-electron chi connectivity index (χ1n) is 9.40. The first kappa shape index (κ1) is 19.0. The molecule has 1 fully saturated rings. The van der Waals surface area contributed by atoms with Crippen molar-refractivity contribution in [3.05, 3.63) is 71.8 Å². The number of piperazine rings is 1. The molecule has 1 aliphatic rings. The summed E-state index contributed by atoms with van der Waals surface area (Å²) in [4.78, 5) is 28.8. The van der Waals surface area contributed by atoms with Crippen molar-refractivity contribution in [3.8, 4) is 0 Å². The van der Waals surface area contributed by atoms with Gasteiger partial charge in [0.2, 0.25) is 5.91 Å². The molecule has 1 aliphatic heterocycles. The molecule has 0 saturated carbocycles. The molecule has 0 aliphatic carbocycles. The topological polar surface area (TPSA) is 52.7 Å². The minimum absolute atomic E-state index is 0.00952. The first-order chi connectivity index (χ1) is 13.0. The number of urea groups is 1. The Kier molecular flexibility index (Phi) is 5.79. The van der Waals surface area contributed by atoms with Crippen LogP contribution in [0.25, 0.3) is 0 Å². The number of carbonyl (C=O) groups excluding carboxylic acids is 2. The number of benzene rings is 2. The predicted molar refractivity (Wildman–Crippen MR) is 107 cm³/mol. The number of rotatable bonds is 4. The normalized spacial score (nSPS) is 17.5. The fourth-order valence-electron chi connectivity index (χ4n) is 3.86. The van der Waals surface area contributed by atoms with Gasteiger partial charge in [-0.25, -0.2) is 4.79 Å². The minimum atomic E-state index is -0.214. The van der Waals surface area contributed by atoms with Gasteiger partial charge in [0.15, 0.2) is 0 Å². The monoisotopic (exact) mass is 365 g/mol. The molecule has 3 rings (SSSR count). The van der Waals surface area contributed by atoms with Crippen molar-refractivity contribution in [1.82, 2.24) is 15.1 Å². The molecule has 2 aromatic rings. The molecule has 0 bridgehead atoms. The Morgan fingerprint density at radius 2 is 1.52 bits per heavy atom. The standard InChI is InChI=1S/C22H27N3O2/c1-16(2)24-14-19(25(15-20(24)26)22(27)23-3)21(17-10-6-4-7-11-17)18-12-8-5-9-13-18/h4-13,16,19,21H,14-15H2,1-3H3,(H,23,27)/t19-/m1/s1. The van der Waals surface area contributed by atoms with Crippen LogP contribution in [0.2, 0.25) is 0 Å². The molecule has 1 heterocycles. The van der Waals surface area contributed by atoms with E-state index >= 15 is 0 Å². The lowest BCUT2D eigenvalue weighted by Crippen LogP contribution is -2.62. The summed E-state index contributed by atoms with van der Waals surface area (Å²) in [6, 6.07) is 20.2. The second kappa shape index (κ2) is 8.25. The van der Waals surface area contributed by atoms with Gasteiger partial charge in [-0.3, -0.25) is 4.79 Å². The van der Waals surface area contributed by atoms with Crippen LogP contribution >= 0.6 is 0 Å². The Bertz CT molecular complexity index is 737. The number of amides is 3. The zero-order valence-electron chi connectivity index (χ0n) is 16.1. The maximum atomic E-state index is 12.6. The van der Waals surface area contributed by atoms with Crippen molar-refractivity contribution in [3.63, 3.8) is 0 Å². The van der Waals surface area contributed by atoms with E-state index in [-0.39, 0.29) is 36.5 Å². The largest absolute Gasteiger partial charge is 0.341 e. The molecule has 3 amide bonds. The lowest BCUT2D eigenvalue weighted by atomic mass is 9.83. The molecule has 27 heavy (non-hydrogen) atoms. The van der Waals surface area contributed by atoms with E-state index < -0.39 is 0 Å². The summed E-state index contributed by atoms with van der Waals surface area (Å²) >= 11 is 0. The SMILES string of the molecule is CNC(=O)N1CC(=O)N(C(C)C)C[C@@H]1C(c1ccccc1)c1ccccc1. The van der Waals surface area contributed by atoms with Crippen molar-refractivity contribution < 1.29 is 9.59 Å². The molecule has 142 valence electrons. The zero-order chi connectivity index (χ0) is 19.4. The van der Waals surface area contributed by atoms with E-state index in [1.54, 1.807) is 11.9 Å². The molecule has 2 aromatic carbocycles. The van der Waals surface area contributed by atoms with Crippen LogP contribution in [0, 0.1) is 0 Å². The summed E-state index contributed by atoms with van der Waals surface area (Å²) in [6.07, 6.45) is 0. The summed E-state index contributed by atoms with van der Waals surface area (Å²) in [5, 5.41) is 2.70. The van der Waals surface area contributed by atoms with Crippen LogP contribution in [0.1, 0.15) is 30.9 Å². The van der Waals surface area contributed by atoms with Crippen LogP contribution in [-0.4, -0.2) is 54.0 Å². The summed E-state index contributed by atoms with van der Waals surface area (Å²) in [5.41, 5.74) is 2.28. The van der Waals surface area contributed by atoms with Gasteiger partial charge in [-0.05, 0) is 25.0 Å². The number of carbonyl (C=O) groups is 2. The highest BCUT2D eigenvalue weighted by Gasteiger charge is 2.40. The molecular weight excluding hydrogens is 338 g/mol. The van der Waals surface area contributed by atoms with Gasteiger partial charge in [-0.1, -0.05) is 60.7 Å².